The summed E-state index contributed by atoms with van der Waals surface area (Å²) in [4.78, 5) is 31.7. The van der Waals surface area contributed by atoms with E-state index in [-0.39, 0.29) is 11.9 Å². The van der Waals surface area contributed by atoms with Gasteiger partial charge in [0.2, 0.25) is 11.8 Å². The molecule has 2 atom stereocenters. The average Bonchev–Trinajstić information content (AvgIpc) is 3.30. The Morgan fingerprint density at radius 1 is 1.28 bits per heavy atom. The Bertz CT molecular complexity index is 797. The summed E-state index contributed by atoms with van der Waals surface area (Å²) in [5.74, 6) is 0.713. The van der Waals surface area contributed by atoms with Gasteiger partial charge in [0.15, 0.2) is 0 Å². The molecule has 0 spiro atoms. The Morgan fingerprint density at radius 2 is 2.00 bits per heavy atom. The minimum atomic E-state index is -0.599. The molecule has 0 unspecified atom stereocenters. The number of para-hydroxylation sites is 1. The van der Waals surface area contributed by atoms with E-state index in [0.717, 1.165) is 12.0 Å². The number of likely N-dealkylation sites (tertiary alicyclic amines) is 1. The van der Waals surface area contributed by atoms with E-state index in [2.05, 4.69) is 24.2 Å². The highest BCUT2D eigenvalue weighted by atomic mass is 16.6. The van der Waals surface area contributed by atoms with Crippen molar-refractivity contribution in [2.45, 2.75) is 65.1 Å². The fraction of sp³-hybridized carbons (Fsp3) is 0.591. The Morgan fingerprint density at radius 3 is 2.66 bits per heavy atom. The van der Waals surface area contributed by atoms with E-state index in [0.29, 0.717) is 37.1 Å². The third kappa shape index (κ3) is 5.08. The van der Waals surface area contributed by atoms with Crippen LogP contribution in [0.5, 0.6) is 0 Å². The second-order valence-corrected chi connectivity index (χ2v) is 8.92. The summed E-state index contributed by atoms with van der Waals surface area (Å²) in [5.41, 5.74) is 0.792. The topological polar surface area (TPSA) is 80.2 Å². The van der Waals surface area contributed by atoms with E-state index in [4.69, 9.17) is 9.47 Å². The first-order valence-electron chi connectivity index (χ1n) is 10.3. The fourth-order valence-electron chi connectivity index (χ4n) is 3.45. The molecule has 7 heteroatoms. The molecule has 0 aliphatic carbocycles. The van der Waals surface area contributed by atoms with Crippen molar-refractivity contribution in [2.24, 2.45) is 10.9 Å². The van der Waals surface area contributed by atoms with Gasteiger partial charge >= 0.3 is 6.09 Å². The van der Waals surface area contributed by atoms with Gasteiger partial charge in [-0.1, -0.05) is 26.0 Å². The second kappa shape index (κ2) is 8.43. The summed E-state index contributed by atoms with van der Waals surface area (Å²) in [7, 11) is 0. The molecule has 1 N–H and O–H groups in total. The van der Waals surface area contributed by atoms with Crippen molar-refractivity contribution in [3.63, 3.8) is 0 Å². The molecule has 29 heavy (non-hydrogen) atoms. The van der Waals surface area contributed by atoms with E-state index >= 15 is 0 Å². The third-order valence-electron chi connectivity index (χ3n) is 5.04. The zero-order valence-corrected chi connectivity index (χ0v) is 17.9. The summed E-state index contributed by atoms with van der Waals surface area (Å²) < 4.78 is 11.2. The maximum absolute atomic E-state index is 13.0. The molecular formula is C22H31N3O4. The van der Waals surface area contributed by atoms with Gasteiger partial charge in [0.25, 0.3) is 0 Å². The molecule has 1 aromatic rings. The first-order valence-corrected chi connectivity index (χ1v) is 10.3. The van der Waals surface area contributed by atoms with Crippen LogP contribution < -0.4 is 5.32 Å². The van der Waals surface area contributed by atoms with E-state index in [1.165, 1.54) is 4.90 Å². The molecule has 1 saturated heterocycles. The van der Waals surface area contributed by atoms with Crippen LogP contribution in [0.2, 0.25) is 0 Å². The van der Waals surface area contributed by atoms with Crippen molar-refractivity contribution in [1.29, 1.82) is 0 Å². The molecule has 0 saturated carbocycles. The molecule has 158 valence electrons. The Labute approximate surface area is 172 Å². The van der Waals surface area contributed by atoms with Gasteiger partial charge in [-0.05, 0) is 51.7 Å². The number of benzene rings is 1. The summed E-state index contributed by atoms with van der Waals surface area (Å²) >= 11 is 0. The van der Waals surface area contributed by atoms with E-state index < -0.39 is 17.7 Å². The lowest BCUT2D eigenvalue weighted by atomic mass is 10.1. The number of hydrogen-bond donors (Lipinski definition) is 1. The van der Waals surface area contributed by atoms with Crippen LogP contribution in [0.25, 0.3) is 0 Å². The van der Waals surface area contributed by atoms with Gasteiger partial charge in [0.05, 0.1) is 17.3 Å². The van der Waals surface area contributed by atoms with Gasteiger partial charge in [-0.25, -0.2) is 9.79 Å². The van der Waals surface area contributed by atoms with Gasteiger partial charge in [0, 0.05) is 6.54 Å². The lowest BCUT2D eigenvalue weighted by molar-refractivity contribution is -0.120. The number of amides is 2. The molecule has 2 aliphatic heterocycles. The van der Waals surface area contributed by atoms with Gasteiger partial charge in [0.1, 0.15) is 18.2 Å². The van der Waals surface area contributed by atoms with Crippen LogP contribution in [-0.4, -0.2) is 53.6 Å². The van der Waals surface area contributed by atoms with E-state index in [1.807, 2.05) is 45.0 Å². The van der Waals surface area contributed by atoms with Crippen LogP contribution >= 0.6 is 0 Å². The molecule has 0 aromatic heterocycles. The van der Waals surface area contributed by atoms with Crippen molar-refractivity contribution < 1.29 is 19.1 Å². The van der Waals surface area contributed by atoms with Gasteiger partial charge in [-0.2, -0.15) is 0 Å². The number of carbonyl (C=O) groups is 2. The highest BCUT2D eigenvalue weighted by Gasteiger charge is 2.37. The quantitative estimate of drug-likeness (QED) is 0.832. The van der Waals surface area contributed by atoms with Crippen molar-refractivity contribution in [2.75, 3.05) is 18.5 Å². The van der Waals surface area contributed by atoms with Crippen molar-refractivity contribution in [3.8, 4) is 0 Å². The number of aliphatic imine (C=N–C) groups is 1. The Balaban J connectivity index is 1.74. The van der Waals surface area contributed by atoms with Crippen molar-refractivity contribution in [1.82, 2.24) is 4.90 Å². The molecule has 0 radical (unpaired) electrons. The fourth-order valence-corrected chi connectivity index (χ4v) is 3.45. The Kier molecular flexibility index (Phi) is 6.15. The maximum Gasteiger partial charge on any atom is 0.410 e. The number of ether oxygens (including phenoxy) is 2. The molecule has 3 rings (SSSR count). The molecule has 7 nitrogen and oxygen atoms in total. The molecule has 2 amide bonds. The summed E-state index contributed by atoms with van der Waals surface area (Å²) in [6.07, 6.45) is 0.928. The number of hydrogen-bond acceptors (Lipinski definition) is 5. The van der Waals surface area contributed by atoms with E-state index in [1.54, 1.807) is 0 Å². The standard InChI is InChI=1S/C22H31N3O4/c1-14(2)17-13-28-20(24-17)15-9-6-7-10-16(15)23-19(26)18-11-8-12-25(18)21(27)29-22(3,4)5/h6-7,9-10,14,17-18H,8,11-13H2,1-5H3,(H,23,26)/t17-,18+/m1/s1. The zero-order chi connectivity index (χ0) is 21.2. The highest BCUT2D eigenvalue weighted by Crippen LogP contribution is 2.26. The summed E-state index contributed by atoms with van der Waals surface area (Å²) in [5, 5.41) is 2.97. The Hall–Kier alpha value is -2.57. The van der Waals surface area contributed by atoms with Crippen LogP contribution in [0.1, 0.15) is 53.0 Å². The van der Waals surface area contributed by atoms with Crippen LogP contribution in [0.15, 0.2) is 29.3 Å². The number of rotatable bonds is 4. The number of nitrogens with one attached hydrogen (secondary N) is 1. The SMILES string of the molecule is CC(C)[C@H]1COC(c2ccccc2NC(=O)[C@@H]2CCCN2C(=O)OC(C)(C)C)=N1. The van der Waals surface area contributed by atoms with Crippen molar-refractivity contribution >= 4 is 23.6 Å². The minimum absolute atomic E-state index is 0.117. The highest BCUT2D eigenvalue weighted by molar-refractivity contribution is 6.05. The van der Waals surface area contributed by atoms with Gasteiger partial charge < -0.3 is 14.8 Å². The predicted molar refractivity (Wildman–Crippen MR) is 112 cm³/mol. The first-order chi connectivity index (χ1) is 13.7. The van der Waals surface area contributed by atoms with Crippen LogP contribution in [0.4, 0.5) is 10.5 Å². The molecule has 2 heterocycles. The molecule has 0 bridgehead atoms. The summed E-state index contributed by atoms with van der Waals surface area (Å²) in [6, 6.07) is 7.03. The predicted octanol–water partition coefficient (Wildman–Crippen LogP) is 3.83. The third-order valence-corrected chi connectivity index (χ3v) is 5.04. The largest absolute Gasteiger partial charge is 0.475 e. The second-order valence-electron chi connectivity index (χ2n) is 8.92. The minimum Gasteiger partial charge on any atom is -0.475 e. The summed E-state index contributed by atoms with van der Waals surface area (Å²) in [6.45, 7) is 10.7. The number of anilines is 1. The molecular weight excluding hydrogens is 370 g/mol. The van der Waals surface area contributed by atoms with Crippen LogP contribution in [0.3, 0.4) is 0 Å². The first kappa shape index (κ1) is 21.1. The van der Waals surface area contributed by atoms with Crippen molar-refractivity contribution in [3.05, 3.63) is 29.8 Å². The van der Waals surface area contributed by atoms with E-state index in [9.17, 15) is 9.59 Å². The number of nitrogens with zero attached hydrogens (tertiary/aromatic N) is 2. The monoisotopic (exact) mass is 401 g/mol. The lowest BCUT2D eigenvalue weighted by Crippen LogP contribution is -2.45. The smallest absolute Gasteiger partial charge is 0.410 e. The van der Waals surface area contributed by atoms with Gasteiger partial charge in [-0.3, -0.25) is 9.69 Å². The normalized spacial score (nSPS) is 21.7. The lowest BCUT2D eigenvalue weighted by Gasteiger charge is -2.28. The maximum atomic E-state index is 13.0. The van der Waals surface area contributed by atoms with Crippen LogP contribution in [0, 0.1) is 5.92 Å². The molecule has 2 aliphatic rings. The zero-order valence-electron chi connectivity index (χ0n) is 17.9. The number of carbonyl (C=O) groups excluding carboxylic acids is 2. The molecule has 1 fully saturated rings. The average molecular weight is 402 g/mol. The molecule has 1 aromatic carbocycles. The van der Waals surface area contributed by atoms with Crippen LogP contribution in [-0.2, 0) is 14.3 Å². The van der Waals surface area contributed by atoms with Gasteiger partial charge in [-0.15, -0.1) is 0 Å².